The van der Waals surface area contributed by atoms with Crippen molar-refractivity contribution in [3.05, 3.63) is 35.6 Å². The monoisotopic (exact) mass is 261 g/mol. The third-order valence-electron chi connectivity index (χ3n) is 2.13. The van der Waals surface area contributed by atoms with E-state index in [0.29, 0.717) is 5.56 Å². The summed E-state index contributed by atoms with van der Waals surface area (Å²) in [4.78, 5) is 0. The number of ether oxygens (including phenoxy) is 1. The molecule has 0 fully saturated rings. The first-order chi connectivity index (χ1) is 7.88. The minimum Gasteiger partial charge on any atom is -0.376 e. The lowest BCUT2D eigenvalue weighted by Gasteiger charge is -2.11. The Morgan fingerprint density at radius 1 is 1.41 bits per heavy atom. The van der Waals surface area contributed by atoms with Crippen molar-refractivity contribution in [1.82, 2.24) is 0 Å². The lowest BCUT2D eigenvalue weighted by atomic mass is 10.2. The van der Waals surface area contributed by atoms with Crippen LogP contribution in [0.2, 0.25) is 0 Å². The van der Waals surface area contributed by atoms with Gasteiger partial charge in [-0.05, 0) is 12.0 Å². The highest BCUT2D eigenvalue weighted by Crippen LogP contribution is 2.09. The Labute approximate surface area is 101 Å². The van der Waals surface area contributed by atoms with E-state index in [4.69, 9.17) is 9.88 Å². The van der Waals surface area contributed by atoms with Crippen LogP contribution >= 0.6 is 0 Å². The van der Waals surface area contributed by atoms with E-state index >= 15 is 0 Å². The maximum absolute atomic E-state index is 13.2. The zero-order valence-corrected chi connectivity index (χ0v) is 10.4. The van der Waals surface area contributed by atoms with Crippen molar-refractivity contribution in [2.45, 2.75) is 13.5 Å². The van der Waals surface area contributed by atoms with Crippen molar-refractivity contribution in [2.75, 3.05) is 12.4 Å². The summed E-state index contributed by atoms with van der Waals surface area (Å²) in [5.41, 5.74) is 0.454. The summed E-state index contributed by atoms with van der Waals surface area (Å²) in [5, 5.41) is 4.90. The molecule has 0 saturated heterocycles. The van der Waals surface area contributed by atoms with E-state index in [1.54, 1.807) is 25.1 Å². The van der Waals surface area contributed by atoms with Crippen molar-refractivity contribution in [3.63, 3.8) is 0 Å². The highest BCUT2D eigenvalue weighted by Gasteiger charge is 2.11. The molecular weight excluding hydrogens is 245 g/mol. The fourth-order valence-corrected chi connectivity index (χ4v) is 2.32. The molecule has 0 saturated carbocycles. The molecule has 4 nitrogen and oxygen atoms in total. The number of sulfonamides is 1. The first-order valence-electron chi connectivity index (χ1n) is 5.20. The van der Waals surface area contributed by atoms with E-state index in [9.17, 15) is 12.8 Å². The van der Waals surface area contributed by atoms with Gasteiger partial charge >= 0.3 is 0 Å². The fourth-order valence-electron chi connectivity index (χ4n) is 1.43. The number of primary sulfonamides is 1. The van der Waals surface area contributed by atoms with Gasteiger partial charge in [0.25, 0.3) is 0 Å². The average Bonchev–Trinajstić information content (AvgIpc) is 2.18. The van der Waals surface area contributed by atoms with Crippen LogP contribution in [-0.4, -0.2) is 20.8 Å². The average molecular weight is 261 g/mol. The van der Waals surface area contributed by atoms with Crippen LogP contribution < -0.4 is 5.14 Å². The van der Waals surface area contributed by atoms with Gasteiger partial charge in [0.15, 0.2) is 0 Å². The largest absolute Gasteiger partial charge is 0.376 e. The van der Waals surface area contributed by atoms with Crippen LogP contribution in [0.25, 0.3) is 0 Å². The van der Waals surface area contributed by atoms with Crippen LogP contribution in [-0.2, 0) is 21.4 Å². The highest BCUT2D eigenvalue weighted by atomic mass is 32.2. The summed E-state index contributed by atoms with van der Waals surface area (Å²) in [7, 11) is -3.48. The lowest BCUT2D eigenvalue weighted by Crippen LogP contribution is -2.24. The van der Waals surface area contributed by atoms with E-state index in [1.807, 2.05) is 0 Å². The molecule has 1 rings (SSSR count). The Balaban J connectivity index is 2.36. The molecule has 0 aromatic heterocycles. The Kier molecular flexibility index (Phi) is 5.04. The van der Waals surface area contributed by atoms with E-state index in [1.165, 1.54) is 6.07 Å². The molecule has 0 aliphatic rings. The molecule has 0 aliphatic heterocycles. The van der Waals surface area contributed by atoms with Gasteiger partial charge in [0.1, 0.15) is 5.82 Å². The molecule has 0 radical (unpaired) electrons. The maximum Gasteiger partial charge on any atom is 0.209 e. The second-order valence-corrected chi connectivity index (χ2v) is 5.70. The summed E-state index contributed by atoms with van der Waals surface area (Å²) in [6, 6.07) is 6.30. The topological polar surface area (TPSA) is 69.4 Å². The highest BCUT2D eigenvalue weighted by molar-refractivity contribution is 7.89. The number of rotatable bonds is 6. The Morgan fingerprint density at radius 2 is 2.06 bits per heavy atom. The molecule has 0 heterocycles. The molecular formula is C11H16FNO3S. The molecule has 1 unspecified atom stereocenters. The van der Waals surface area contributed by atoms with Crippen molar-refractivity contribution >= 4 is 10.0 Å². The smallest absolute Gasteiger partial charge is 0.209 e. The first-order valence-corrected chi connectivity index (χ1v) is 6.91. The molecule has 6 heteroatoms. The van der Waals surface area contributed by atoms with Gasteiger partial charge in [-0.15, -0.1) is 0 Å². The second kappa shape index (κ2) is 6.09. The lowest BCUT2D eigenvalue weighted by molar-refractivity contribution is 0.0957. The number of benzene rings is 1. The number of nitrogens with two attached hydrogens (primary N) is 1. The van der Waals surface area contributed by atoms with Crippen LogP contribution in [0.4, 0.5) is 4.39 Å². The van der Waals surface area contributed by atoms with Crippen LogP contribution in [0.15, 0.2) is 24.3 Å². The van der Waals surface area contributed by atoms with Gasteiger partial charge in [-0.2, -0.15) is 0 Å². The van der Waals surface area contributed by atoms with Crippen molar-refractivity contribution < 1.29 is 17.5 Å². The Bertz CT molecular complexity index is 462. The number of halogens is 1. The van der Waals surface area contributed by atoms with E-state index in [2.05, 4.69) is 0 Å². The molecule has 17 heavy (non-hydrogen) atoms. The normalized spacial score (nSPS) is 13.6. The first kappa shape index (κ1) is 14.1. The summed E-state index contributed by atoms with van der Waals surface area (Å²) in [5.74, 6) is -0.673. The zero-order chi connectivity index (χ0) is 12.9. The summed E-state index contributed by atoms with van der Waals surface area (Å²) in [6.45, 7) is 2.07. The molecule has 0 amide bonds. The van der Waals surface area contributed by atoms with E-state index in [0.717, 1.165) is 0 Å². The maximum atomic E-state index is 13.2. The van der Waals surface area contributed by atoms with Crippen LogP contribution in [0.1, 0.15) is 12.5 Å². The van der Waals surface area contributed by atoms with Crippen molar-refractivity contribution in [3.8, 4) is 0 Å². The summed E-state index contributed by atoms with van der Waals surface area (Å²) in [6.07, 6.45) is 0. The molecule has 1 aromatic rings. The Hall–Kier alpha value is -0.980. The van der Waals surface area contributed by atoms with Gasteiger partial charge in [0, 0.05) is 5.56 Å². The zero-order valence-electron chi connectivity index (χ0n) is 9.60. The molecule has 96 valence electrons. The Morgan fingerprint density at radius 3 is 2.65 bits per heavy atom. The van der Waals surface area contributed by atoms with Crippen LogP contribution in [0.5, 0.6) is 0 Å². The SMILES string of the molecule is CC(COCc1ccccc1F)CS(N)(=O)=O. The molecule has 0 bridgehead atoms. The molecule has 0 aliphatic carbocycles. The van der Waals surface area contributed by atoms with E-state index in [-0.39, 0.29) is 30.7 Å². The van der Waals surface area contributed by atoms with Gasteiger partial charge in [-0.1, -0.05) is 25.1 Å². The summed E-state index contributed by atoms with van der Waals surface area (Å²) >= 11 is 0. The molecule has 0 spiro atoms. The fraction of sp³-hybridized carbons (Fsp3) is 0.455. The van der Waals surface area contributed by atoms with Crippen molar-refractivity contribution in [1.29, 1.82) is 0 Å². The van der Waals surface area contributed by atoms with Gasteiger partial charge < -0.3 is 4.74 Å². The third-order valence-corrected chi connectivity index (χ3v) is 3.17. The van der Waals surface area contributed by atoms with Crippen LogP contribution in [0.3, 0.4) is 0 Å². The van der Waals surface area contributed by atoms with Gasteiger partial charge in [-0.3, -0.25) is 0 Å². The minimum absolute atomic E-state index is 0.127. The minimum atomic E-state index is -3.48. The quantitative estimate of drug-likeness (QED) is 0.838. The van der Waals surface area contributed by atoms with E-state index < -0.39 is 10.0 Å². The van der Waals surface area contributed by atoms with Crippen LogP contribution in [0, 0.1) is 11.7 Å². The third kappa shape index (κ3) is 5.76. The molecule has 2 N–H and O–H groups in total. The van der Waals surface area contributed by atoms with Crippen molar-refractivity contribution in [2.24, 2.45) is 11.1 Å². The predicted molar refractivity (Wildman–Crippen MR) is 63.2 cm³/mol. The number of hydrogen-bond acceptors (Lipinski definition) is 3. The standard InChI is InChI=1S/C11H16FNO3S/c1-9(8-17(13,14)15)6-16-7-10-4-2-3-5-11(10)12/h2-5,9H,6-8H2,1H3,(H2,13,14,15). The molecule has 1 atom stereocenters. The number of hydrogen-bond donors (Lipinski definition) is 1. The van der Waals surface area contributed by atoms with Gasteiger partial charge in [0.2, 0.25) is 10.0 Å². The van der Waals surface area contributed by atoms with Gasteiger partial charge in [-0.25, -0.2) is 17.9 Å². The second-order valence-electron chi connectivity index (χ2n) is 4.04. The molecule has 1 aromatic carbocycles. The summed E-state index contributed by atoms with van der Waals surface area (Å²) < 4.78 is 40.0. The van der Waals surface area contributed by atoms with Gasteiger partial charge in [0.05, 0.1) is 19.0 Å². The predicted octanol–water partition coefficient (Wildman–Crippen LogP) is 1.27.